The molecule has 1 aliphatic rings. The normalized spacial score (nSPS) is 12.5. The summed E-state index contributed by atoms with van der Waals surface area (Å²) < 4.78 is 6.32. The average Bonchev–Trinajstić information content (AvgIpc) is 3.52. The van der Waals surface area contributed by atoms with E-state index in [-0.39, 0.29) is 0 Å². The quantitative estimate of drug-likeness (QED) is 0.195. The summed E-state index contributed by atoms with van der Waals surface area (Å²) >= 11 is 0. The Balaban J connectivity index is 1.20. The monoisotopic (exact) mass is 557 g/mol. The minimum Gasteiger partial charge on any atom is -0.457 e. The number of aromatic nitrogens is 1. The molecule has 43 heavy (non-hydrogen) atoms. The minimum atomic E-state index is 0.771. The third-order valence-corrected chi connectivity index (χ3v) is 7.67. The molecule has 0 saturated carbocycles. The number of hydrogen-bond donors (Lipinski definition) is 0. The van der Waals surface area contributed by atoms with E-state index in [2.05, 4.69) is 145 Å². The summed E-state index contributed by atoms with van der Waals surface area (Å²) in [6, 6.07) is 48.4. The molecule has 0 bridgehead atoms. The lowest BCUT2D eigenvalue weighted by molar-refractivity contribution is 0.481. The summed E-state index contributed by atoms with van der Waals surface area (Å²) in [6.07, 6.45) is 6.04. The van der Waals surface area contributed by atoms with Gasteiger partial charge in [0.25, 0.3) is 0 Å². The van der Waals surface area contributed by atoms with Crippen molar-refractivity contribution >= 4 is 5.69 Å². The van der Waals surface area contributed by atoms with Crippen molar-refractivity contribution in [3.63, 3.8) is 0 Å². The molecule has 0 unspecified atom stereocenters. The van der Waals surface area contributed by atoms with Gasteiger partial charge in [0, 0.05) is 43.0 Å². The predicted molar refractivity (Wildman–Crippen MR) is 177 cm³/mol. The van der Waals surface area contributed by atoms with E-state index in [0.29, 0.717) is 0 Å². The minimum absolute atomic E-state index is 0.771. The summed E-state index contributed by atoms with van der Waals surface area (Å²) in [4.78, 5) is 9.08. The fourth-order valence-corrected chi connectivity index (χ4v) is 5.50. The van der Waals surface area contributed by atoms with Crippen molar-refractivity contribution in [1.82, 2.24) is 9.88 Å². The van der Waals surface area contributed by atoms with Crippen LogP contribution in [0.4, 0.5) is 5.69 Å². The molecule has 1 aromatic heterocycles. The molecule has 7 rings (SSSR count). The molecule has 0 fully saturated rings. The molecule has 208 valence electrons. The van der Waals surface area contributed by atoms with Crippen LogP contribution in [-0.4, -0.2) is 23.6 Å². The van der Waals surface area contributed by atoms with Crippen molar-refractivity contribution in [2.45, 2.75) is 0 Å². The average molecular weight is 558 g/mol. The van der Waals surface area contributed by atoms with Crippen LogP contribution in [0, 0.1) is 0 Å². The Morgan fingerprint density at radius 1 is 0.535 bits per heavy atom. The predicted octanol–water partition coefficient (Wildman–Crippen LogP) is 9.72. The van der Waals surface area contributed by atoms with Crippen molar-refractivity contribution in [2.24, 2.45) is 0 Å². The lowest BCUT2D eigenvalue weighted by Crippen LogP contribution is -2.21. The van der Waals surface area contributed by atoms with E-state index in [1.54, 1.807) is 0 Å². The highest BCUT2D eigenvalue weighted by Gasteiger charge is 2.13. The Kier molecular flexibility index (Phi) is 7.16. The van der Waals surface area contributed by atoms with Gasteiger partial charge in [-0.25, -0.2) is 0 Å². The zero-order valence-corrected chi connectivity index (χ0v) is 24.0. The molecule has 1 aliphatic heterocycles. The third kappa shape index (κ3) is 5.77. The zero-order chi connectivity index (χ0) is 29.0. The van der Waals surface area contributed by atoms with Crippen LogP contribution in [0.2, 0.25) is 0 Å². The number of hydrogen-bond acceptors (Lipinski definition) is 4. The van der Waals surface area contributed by atoms with Gasteiger partial charge in [0.1, 0.15) is 11.5 Å². The van der Waals surface area contributed by atoms with Gasteiger partial charge in [-0.15, -0.1) is 0 Å². The standard InChI is InChI=1S/C39H31N3O/c1-41-22-23-42(28-41)34-15-9-17-36(27-34)43-35-16-8-14-33(24-35)39-26-32(20-21-40-39)37-19-18-31(29-10-4-2-5-11-29)25-38(37)30-12-6-3-7-13-30/h2-27H,28H2,1H3. The summed E-state index contributed by atoms with van der Waals surface area (Å²) in [5, 5.41) is 0. The summed E-state index contributed by atoms with van der Waals surface area (Å²) in [6.45, 7) is 0.821. The summed E-state index contributed by atoms with van der Waals surface area (Å²) in [5.41, 5.74) is 10.0. The highest BCUT2D eigenvalue weighted by molar-refractivity contribution is 5.88. The van der Waals surface area contributed by atoms with E-state index in [1.807, 2.05) is 30.5 Å². The largest absolute Gasteiger partial charge is 0.457 e. The second-order valence-electron chi connectivity index (χ2n) is 10.7. The maximum Gasteiger partial charge on any atom is 0.129 e. The third-order valence-electron chi connectivity index (χ3n) is 7.67. The van der Waals surface area contributed by atoms with Crippen molar-refractivity contribution in [1.29, 1.82) is 0 Å². The topological polar surface area (TPSA) is 28.6 Å². The number of pyridine rings is 1. The first-order valence-electron chi connectivity index (χ1n) is 14.4. The van der Waals surface area contributed by atoms with Crippen LogP contribution in [0.5, 0.6) is 11.5 Å². The zero-order valence-electron chi connectivity index (χ0n) is 24.0. The first-order chi connectivity index (χ1) is 21.2. The van der Waals surface area contributed by atoms with Gasteiger partial charge in [-0.1, -0.05) is 91.0 Å². The molecule has 5 aromatic carbocycles. The van der Waals surface area contributed by atoms with Crippen molar-refractivity contribution < 1.29 is 4.74 Å². The molecular weight excluding hydrogens is 526 g/mol. The Hall–Kier alpha value is -5.61. The molecule has 0 N–H and O–H groups in total. The highest BCUT2D eigenvalue weighted by Crippen LogP contribution is 2.37. The van der Waals surface area contributed by atoms with Crippen LogP contribution in [-0.2, 0) is 0 Å². The highest BCUT2D eigenvalue weighted by atomic mass is 16.5. The van der Waals surface area contributed by atoms with Crippen molar-refractivity contribution in [3.8, 4) is 56.1 Å². The number of rotatable bonds is 7. The molecule has 0 spiro atoms. The molecule has 6 aromatic rings. The lowest BCUT2D eigenvalue weighted by Gasteiger charge is -2.19. The Morgan fingerprint density at radius 2 is 1.26 bits per heavy atom. The molecule has 4 nitrogen and oxygen atoms in total. The number of anilines is 1. The van der Waals surface area contributed by atoms with Gasteiger partial charge in [0.2, 0.25) is 0 Å². The van der Waals surface area contributed by atoms with Gasteiger partial charge in [0.15, 0.2) is 0 Å². The van der Waals surface area contributed by atoms with Crippen LogP contribution in [0.1, 0.15) is 0 Å². The second-order valence-corrected chi connectivity index (χ2v) is 10.7. The lowest BCUT2D eigenvalue weighted by atomic mass is 9.91. The first-order valence-corrected chi connectivity index (χ1v) is 14.4. The molecule has 0 amide bonds. The molecular formula is C39H31N3O. The molecule has 0 saturated heterocycles. The van der Waals surface area contributed by atoms with Crippen LogP contribution >= 0.6 is 0 Å². The first kappa shape index (κ1) is 26.3. The Labute approximate surface area is 252 Å². The molecule has 4 heteroatoms. The molecule has 0 radical (unpaired) electrons. The van der Waals surface area contributed by atoms with Crippen LogP contribution in [0.3, 0.4) is 0 Å². The fourth-order valence-electron chi connectivity index (χ4n) is 5.50. The van der Waals surface area contributed by atoms with Gasteiger partial charge < -0.3 is 14.5 Å². The van der Waals surface area contributed by atoms with Crippen molar-refractivity contribution in [3.05, 3.63) is 158 Å². The maximum atomic E-state index is 6.32. The van der Waals surface area contributed by atoms with Crippen molar-refractivity contribution in [2.75, 3.05) is 18.6 Å². The number of ether oxygens (including phenoxy) is 1. The van der Waals surface area contributed by atoms with Crippen LogP contribution in [0.15, 0.2) is 158 Å². The maximum absolute atomic E-state index is 6.32. The summed E-state index contributed by atoms with van der Waals surface area (Å²) in [7, 11) is 2.06. The number of nitrogens with zero attached hydrogens (tertiary/aromatic N) is 3. The second kappa shape index (κ2) is 11.7. The van der Waals surface area contributed by atoms with E-state index in [1.165, 1.54) is 27.8 Å². The van der Waals surface area contributed by atoms with Gasteiger partial charge in [-0.2, -0.15) is 0 Å². The molecule has 2 heterocycles. The van der Waals surface area contributed by atoms with E-state index >= 15 is 0 Å². The smallest absolute Gasteiger partial charge is 0.129 e. The van der Waals surface area contributed by atoms with Crippen LogP contribution < -0.4 is 9.64 Å². The van der Waals surface area contributed by atoms with Gasteiger partial charge in [-0.05, 0) is 75.8 Å². The SMILES string of the molecule is CN1C=CN(c2cccc(Oc3cccc(-c4cc(-c5ccc(-c6ccccc6)cc5-c5ccccc5)ccn4)c3)c2)C1. The van der Waals surface area contributed by atoms with Gasteiger partial charge in [-0.3, -0.25) is 4.98 Å². The fraction of sp³-hybridized carbons (Fsp3) is 0.0513. The molecule has 0 atom stereocenters. The van der Waals surface area contributed by atoms with Crippen LogP contribution in [0.25, 0.3) is 44.6 Å². The van der Waals surface area contributed by atoms with Gasteiger partial charge in [0.05, 0.1) is 12.4 Å². The Morgan fingerprint density at radius 3 is 2.02 bits per heavy atom. The van der Waals surface area contributed by atoms with E-state index in [0.717, 1.165) is 40.7 Å². The van der Waals surface area contributed by atoms with E-state index in [9.17, 15) is 0 Å². The summed E-state index contributed by atoms with van der Waals surface area (Å²) in [5.74, 6) is 1.57. The molecule has 0 aliphatic carbocycles. The van der Waals surface area contributed by atoms with E-state index in [4.69, 9.17) is 9.72 Å². The Bertz CT molecular complexity index is 1900. The van der Waals surface area contributed by atoms with Gasteiger partial charge >= 0.3 is 0 Å². The number of benzene rings is 5. The van der Waals surface area contributed by atoms with E-state index < -0.39 is 0 Å².